The molecule has 1 aliphatic rings. The normalized spacial score (nSPS) is 16.9. The van der Waals surface area contributed by atoms with Crippen molar-refractivity contribution in [2.75, 3.05) is 20.6 Å². The molecule has 0 radical (unpaired) electrons. The van der Waals surface area contributed by atoms with Crippen LogP contribution in [-0.2, 0) is 13.6 Å². The topological polar surface area (TPSA) is 33.1 Å². The lowest BCUT2D eigenvalue weighted by atomic mass is 10.1. The average molecular weight is 259 g/mol. The summed E-state index contributed by atoms with van der Waals surface area (Å²) in [5.41, 5.74) is 1.12. The van der Waals surface area contributed by atoms with Crippen molar-refractivity contribution < 1.29 is 0 Å². The zero-order chi connectivity index (χ0) is 11.5. The lowest BCUT2D eigenvalue weighted by Gasteiger charge is -2.24. The van der Waals surface area contributed by atoms with Gasteiger partial charge in [-0.05, 0) is 38.9 Å². The average Bonchev–Trinajstić information content (AvgIpc) is 2.97. The largest absolute Gasteiger partial charge is 0.310 e. The lowest BCUT2D eigenvalue weighted by molar-refractivity contribution is 0.255. The molecular formula is C12H23ClN4. The van der Waals surface area contributed by atoms with Crippen LogP contribution in [0.1, 0.15) is 18.5 Å². The molecule has 2 rings (SSSR count). The van der Waals surface area contributed by atoms with E-state index in [1.54, 1.807) is 0 Å². The van der Waals surface area contributed by atoms with Crippen LogP contribution in [0.25, 0.3) is 0 Å². The zero-order valence-corrected chi connectivity index (χ0v) is 11.7. The van der Waals surface area contributed by atoms with Crippen molar-refractivity contribution in [3.05, 3.63) is 18.0 Å². The monoisotopic (exact) mass is 258 g/mol. The van der Waals surface area contributed by atoms with Gasteiger partial charge in [0.25, 0.3) is 0 Å². The van der Waals surface area contributed by atoms with E-state index in [1.165, 1.54) is 12.8 Å². The van der Waals surface area contributed by atoms with Crippen LogP contribution < -0.4 is 5.32 Å². The molecule has 1 fully saturated rings. The van der Waals surface area contributed by atoms with Crippen LogP contribution in [0.2, 0.25) is 0 Å². The first-order valence-electron chi connectivity index (χ1n) is 6.02. The highest BCUT2D eigenvalue weighted by molar-refractivity contribution is 5.85. The molecule has 5 heteroatoms. The third-order valence-electron chi connectivity index (χ3n) is 3.26. The van der Waals surface area contributed by atoms with Crippen molar-refractivity contribution in [1.82, 2.24) is 20.0 Å². The van der Waals surface area contributed by atoms with E-state index in [0.717, 1.165) is 24.7 Å². The molecule has 1 N–H and O–H groups in total. The fourth-order valence-corrected chi connectivity index (χ4v) is 2.16. The third kappa shape index (κ3) is 4.30. The lowest BCUT2D eigenvalue weighted by Crippen LogP contribution is -2.39. The molecule has 0 aliphatic heterocycles. The summed E-state index contributed by atoms with van der Waals surface area (Å²) >= 11 is 0. The smallest absolute Gasteiger partial charge is 0.0762 e. The number of aryl methyl sites for hydroxylation is 1. The van der Waals surface area contributed by atoms with Gasteiger partial charge >= 0.3 is 0 Å². The summed E-state index contributed by atoms with van der Waals surface area (Å²) < 4.78 is 1.85. The standard InChI is InChI=1S/C12H22N4.ClH/c1-15(2)12(10-4-5-10)9-13-8-11-6-7-16(3)14-11;/h6-7,10,12-13H,4-5,8-9H2,1-3H3;1H. The van der Waals surface area contributed by atoms with Crippen LogP contribution >= 0.6 is 12.4 Å². The Labute approximate surface area is 110 Å². The van der Waals surface area contributed by atoms with Crippen LogP contribution in [0, 0.1) is 5.92 Å². The molecule has 0 bridgehead atoms. The van der Waals surface area contributed by atoms with E-state index in [1.807, 2.05) is 17.9 Å². The summed E-state index contributed by atoms with van der Waals surface area (Å²) in [5, 5.41) is 7.85. The highest BCUT2D eigenvalue weighted by atomic mass is 35.5. The second-order valence-corrected chi connectivity index (χ2v) is 4.98. The predicted octanol–water partition coefficient (Wildman–Crippen LogP) is 1.27. The SMILES string of the molecule is CN(C)C(CNCc1ccn(C)n1)C1CC1.Cl. The molecule has 0 aromatic carbocycles. The molecule has 17 heavy (non-hydrogen) atoms. The second-order valence-electron chi connectivity index (χ2n) is 4.98. The van der Waals surface area contributed by atoms with E-state index in [2.05, 4.69) is 35.5 Å². The number of hydrogen-bond acceptors (Lipinski definition) is 3. The van der Waals surface area contributed by atoms with Gasteiger partial charge in [0.1, 0.15) is 0 Å². The van der Waals surface area contributed by atoms with Crippen molar-refractivity contribution >= 4 is 12.4 Å². The second kappa shape index (κ2) is 6.38. The van der Waals surface area contributed by atoms with Crippen LogP contribution in [0.3, 0.4) is 0 Å². The fraction of sp³-hybridized carbons (Fsp3) is 0.750. The minimum Gasteiger partial charge on any atom is -0.310 e. The maximum absolute atomic E-state index is 4.35. The quantitative estimate of drug-likeness (QED) is 0.834. The molecule has 0 amide bonds. The first-order chi connectivity index (χ1) is 7.66. The first kappa shape index (κ1) is 14.5. The number of likely N-dealkylation sites (N-methyl/N-ethyl adjacent to an activating group) is 1. The molecule has 1 heterocycles. The molecule has 1 aromatic heterocycles. The Bertz CT molecular complexity index is 331. The number of aromatic nitrogens is 2. The third-order valence-corrected chi connectivity index (χ3v) is 3.26. The summed E-state index contributed by atoms with van der Waals surface area (Å²) in [5.74, 6) is 0.909. The summed E-state index contributed by atoms with van der Waals surface area (Å²) in [6.07, 6.45) is 4.78. The number of nitrogens with one attached hydrogen (secondary N) is 1. The summed E-state index contributed by atoms with van der Waals surface area (Å²) in [7, 11) is 6.30. The van der Waals surface area contributed by atoms with Gasteiger partial charge in [-0.3, -0.25) is 4.68 Å². The number of hydrogen-bond donors (Lipinski definition) is 1. The van der Waals surface area contributed by atoms with E-state index < -0.39 is 0 Å². The molecule has 1 aliphatic carbocycles. The van der Waals surface area contributed by atoms with Crippen molar-refractivity contribution in [2.24, 2.45) is 13.0 Å². The van der Waals surface area contributed by atoms with Gasteiger partial charge in [-0.25, -0.2) is 0 Å². The number of nitrogens with zero attached hydrogens (tertiary/aromatic N) is 3. The summed E-state index contributed by atoms with van der Waals surface area (Å²) in [4.78, 5) is 2.34. The van der Waals surface area contributed by atoms with Crippen LogP contribution in [0.4, 0.5) is 0 Å². The van der Waals surface area contributed by atoms with Gasteiger partial charge in [-0.1, -0.05) is 0 Å². The van der Waals surface area contributed by atoms with Crippen molar-refractivity contribution in [3.63, 3.8) is 0 Å². The number of halogens is 1. The van der Waals surface area contributed by atoms with Crippen LogP contribution in [0.5, 0.6) is 0 Å². The summed E-state index contributed by atoms with van der Waals surface area (Å²) in [6.45, 7) is 1.94. The van der Waals surface area contributed by atoms with Crippen molar-refractivity contribution in [2.45, 2.75) is 25.4 Å². The van der Waals surface area contributed by atoms with Gasteiger partial charge in [-0.2, -0.15) is 5.10 Å². The molecule has 98 valence electrons. The molecule has 0 saturated heterocycles. The Hall–Kier alpha value is -0.580. The molecule has 1 saturated carbocycles. The molecule has 0 spiro atoms. The van der Waals surface area contributed by atoms with Gasteiger partial charge in [0.2, 0.25) is 0 Å². The Morgan fingerprint density at radius 2 is 2.24 bits per heavy atom. The van der Waals surface area contributed by atoms with Gasteiger partial charge in [0, 0.05) is 32.4 Å². The van der Waals surface area contributed by atoms with Crippen molar-refractivity contribution in [3.8, 4) is 0 Å². The predicted molar refractivity (Wildman–Crippen MR) is 72.4 cm³/mol. The van der Waals surface area contributed by atoms with Gasteiger partial charge in [0.15, 0.2) is 0 Å². The Morgan fingerprint density at radius 3 is 2.71 bits per heavy atom. The first-order valence-corrected chi connectivity index (χ1v) is 6.02. The van der Waals surface area contributed by atoms with E-state index >= 15 is 0 Å². The highest BCUT2D eigenvalue weighted by Crippen LogP contribution is 2.34. The maximum atomic E-state index is 4.35. The summed E-state index contributed by atoms with van der Waals surface area (Å²) in [6, 6.07) is 2.75. The molecular weight excluding hydrogens is 236 g/mol. The Morgan fingerprint density at radius 1 is 1.53 bits per heavy atom. The Kier molecular flexibility index (Phi) is 5.43. The van der Waals surface area contributed by atoms with E-state index in [9.17, 15) is 0 Å². The van der Waals surface area contributed by atoms with E-state index in [-0.39, 0.29) is 12.4 Å². The molecule has 1 aromatic rings. The van der Waals surface area contributed by atoms with Gasteiger partial charge in [-0.15, -0.1) is 12.4 Å². The minimum atomic E-state index is 0. The number of rotatable bonds is 6. The Balaban J connectivity index is 0.00000144. The molecule has 1 atom stereocenters. The van der Waals surface area contributed by atoms with Gasteiger partial charge < -0.3 is 10.2 Å². The van der Waals surface area contributed by atoms with E-state index in [4.69, 9.17) is 0 Å². The highest BCUT2D eigenvalue weighted by Gasteiger charge is 2.31. The van der Waals surface area contributed by atoms with Crippen LogP contribution in [0.15, 0.2) is 12.3 Å². The fourth-order valence-electron chi connectivity index (χ4n) is 2.16. The van der Waals surface area contributed by atoms with Gasteiger partial charge in [0.05, 0.1) is 5.69 Å². The zero-order valence-electron chi connectivity index (χ0n) is 10.9. The molecule has 1 unspecified atom stereocenters. The van der Waals surface area contributed by atoms with E-state index in [0.29, 0.717) is 6.04 Å². The maximum Gasteiger partial charge on any atom is 0.0762 e. The van der Waals surface area contributed by atoms with Crippen molar-refractivity contribution in [1.29, 1.82) is 0 Å². The molecule has 4 nitrogen and oxygen atoms in total. The minimum absolute atomic E-state index is 0. The van der Waals surface area contributed by atoms with Crippen LogP contribution in [-0.4, -0.2) is 41.4 Å².